The Morgan fingerprint density at radius 3 is 2.07 bits per heavy atom. The van der Waals surface area contributed by atoms with Crippen molar-refractivity contribution in [2.45, 2.75) is 0 Å². The van der Waals surface area contributed by atoms with Crippen LogP contribution in [0.1, 0.15) is 0 Å². The van der Waals surface area contributed by atoms with E-state index in [1.165, 1.54) is 52.8 Å². The lowest BCUT2D eigenvalue weighted by atomic mass is 10.0. The molecular weight excluding hydrogens is 579 g/mol. The molecule has 0 aliphatic rings. The van der Waals surface area contributed by atoms with Gasteiger partial charge in [-0.3, -0.25) is 0 Å². The molecule has 0 N–H and O–H groups in total. The largest absolute Gasteiger partial charge is 0.309 e. The highest BCUT2D eigenvalue weighted by Gasteiger charge is 2.17. The van der Waals surface area contributed by atoms with Crippen molar-refractivity contribution in [1.82, 2.24) is 14.5 Å². The molecule has 3 heterocycles. The summed E-state index contributed by atoms with van der Waals surface area (Å²) >= 11 is 1.88. The Labute approximate surface area is 268 Å². The van der Waals surface area contributed by atoms with E-state index < -0.39 is 0 Å². The van der Waals surface area contributed by atoms with Gasteiger partial charge >= 0.3 is 0 Å². The topological polar surface area (TPSA) is 30.7 Å². The number of nitrogens with zero attached hydrogens (tertiary/aromatic N) is 3. The second-order valence-corrected chi connectivity index (χ2v) is 12.9. The fourth-order valence-corrected chi connectivity index (χ4v) is 8.20. The second kappa shape index (κ2) is 9.83. The molecule has 0 saturated heterocycles. The number of aromatic nitrogens is 3. The quantitative estimate of drug-likeness (QED) is 0.201. The molecule has 10 rings (SSSR count). The highest BCUT2D eigenvalue weighted by Crippen LogP contribution is 2.43. The Bertz CT molecular complexity index is 2790. The van der Waals surface area contributed by atoms with Crippen molar-refractivity contribution >= 4 is 75.0 Å². The Morgan fingerprint density at radius 2 is 1.20 bits per heavy atom. The minimum absolute atomic E-state index is 0.727. The Morgan fingerprint density at radius 1 is 0.457 bits per heavy atom. The molecule has 214 valence electrons. The number of hydrogen-bond donors (Lipinski definition) is 0. The van der Waals surface area contributed by atoms with Crippen molar-refractivity contribution in [3.05, 3.63) is 152 Å². The molecule has 0 radical (unpaired) electrons. The van der Waals surface area contributed by atoms with Crippen LogP contribution in [0.2, 0.25) is 0 Å². The summed E-state index contributed by atoms with van der Waals surface area (Å²) < 4.78 is 5.02. The fraction of sp³-hybridized carbons (Fsp3) is 0. The van der Waals surface area contributed by atoms with Gasteiger partial charge in [0.05, 0.1) is 22.2 Å². The SMILES string of the molecule is c1ccc(-c2nc(-c3ccc(-n4c5ccccc5c5cc6c(cc54)sc4ccc5ccccc5c46)cc3)nc3ccccc23)cc1. The summed E-state index contributed by atoms with van der Waals surface area (Å²) in [7, 11) is 0. The molecule has 0 atom stereocenters. The zero-order valence-corrected chi connectivity index (χ0v) is 25.5. The van der Waals surface area contributed by atoms with Crippen LogP contribution >= 0.6 is 11.3 Å². The van der Waals surface area contributed by atoms with E-state index in [2.05, 4.69) is 138 Å². The minimum atomic E-state index is 0.727. The van der Waals surface area contributed by atoms with E-state index in [4.69, 9.17) is 9.97 Å². The predicted octanol–water partition coefficient (Wildman–Crippen LogP) is 11.6. The van der Waals surface area contributed by atoms with Crippen LogP contribution in [-0.2, 0) is 0 Å². The van der Waals surface area contributed by atoms with E-state index in [0.717, 1.165) is 39.2 Å². The average molecular weight is 604 g/mol. The van der Waals surface area contributed by atoms with Gasteiger partial charge in [-0.05, 0) is 65.4 Å². The molecule has 0 amide bonds. The van der Waals surface area contributed by atoms with Gasteiger partial charge in [0.25, 0.3) is 0 Å². The third kappa shape index (κ3) is 3.77. The Balaban J connectivity index is 1.16. The van der Waals surface area contributed by atoms with Gasteiger partial charge in [-0.15, -0.1) is 11.3 Å². The standard InChI is InChI=1S/C42H25N3S/c1-2-11-27(12-3-1)41-32-15-6-8-16-35(32)43-42(44-41)28-18-21-29(22-19-28)45-36-17-9-7-14-31(36)33-24-34-39(25-37(33)45)46-38-23-20-26-10-4-5-13-30(26)40(34)38/h1-25H. The number of thiophene rings is 1. The summed E-state index contributed by atoms with van der Waals surface area (Å²) in [5, 5.41) is 8.86. The van der Waals surface area contributed by atoms with Crippen LogP contribution in [-0.4, -0.2) is 14.5 Å². The van der Waals surface area contributed by atoms with E-state index in [1.54, 1.807) is 0 Å². The number of para-hydroxylation sites is 2. The number of benzene rings is 7. The van der Waals surface area contributed by atoms with Crippen LogP contribution in [0, 0.1) is 0 Å². The molecular formula is C42H25N3S. The number of rotatable bonds is 3. The first-order valence-electron chi connectivity index (χ1n) is 15.5. The molecule has 10 aromatic rings. The fourth-order valence-electron chi connectivity index (χ4n) is 7.07. The summed E-state index contributed by atoms with van der Waals surface area (Å²) in [6.07, 6.45) is 0. The van der Waals surface area contributed by atoms with Gasteiger partial charge in [-0.2, -0.15) is 0 Å². The monoisotopic (exact) mass is 603 g/mol. The van der Waals surface area contributed by atoms with Crippen molar-refractivity contribution in [2.24, 2.45) is 0 Å². The molecule has 3 aromatic heterocycles. The molecule has 0 saturated carbocycles. The van der Waals surface area contributed by atoms with Crippen molar-refractivity contribution in [3.8, 4) is 28.3 Å². The Kier molecular flexibility index (Phi) is 5.45. The van der Waals surface area contributed by atoms with Crippen molar-refractivity contribution in [1.29, 1.82) is 0 Å². The van der Waals surface area contributed by atoms with Crippen molar-refractivity contribution in [3.63, 3.8) is 0 Å². The van der Waals surface area contributed by atoms with Crippen LogP contribution in [0.3, 0.4) is 0 Å². The maximum Gasteiger partial charge on any atom is 0.160 e. The number of fused-ring (bicyclic) bond motifs is 9. The van der Waals surface area contributed by atoms with Gasteiger partial charge in [0.1, 0.15) is 0 Å². The van der Waals surface area contributed by atoms with E-state index >= 15 is 0 Å². The van der Waals surface area contributed by atoms with E-state index in [0.29, 0.717) is 0 Å². The molecule has 0 spiro atoms. The molecule has 0 unspecified atom stereocenters. The summed E-state index contributed by atoms with van der Waals surface area (Å²) in [6.45, 7) is 0. The normalized spacial score (nSPS) is 11.9. The summed E-state index contributed by atoms with van der Waals surface area (Å²) in [4.78, 5) is 10.1. The van der Waals surface area contributed by atoms with Gasteiger partial charge in [-0.1, -0.05) is 97.1 Å². The minimum Gasteiger partial charge on any atom is -0.309 e. The maximum absolute atomic E-state index is 5.09. The molecule has 0 aliphatic heterocycles. The lowest BCUT2D eigenvalue weighted by Gasteiger charge is -2.11. The van der Waals surface area contributed by atoms with E-state index in [9.17, 15) is 0 Å². The Hall–Kier alpha value is -5.84. The molecule has 0 fully saturated rings. The van der Waals surface area contributed by atoms with E-state index in [1.807, 2.05) is 29.5 Å². The van der Waals surface area contributed by atoms with Crippen LogP contribution in [0.15, 0.2) is 152 Å². The first-order chi connectivity index (χ1) is 22.8. The summed E-state index contributed by atoms with van der Waals surface area (Å²) in [6, 6.07) is 54.1. The lowest BCUT2D eigenvalue weighted by Crippen LogP contribution is -1.97. The van der Waals surface area contributed by atoms with Gasteiger partial charge in [0, 0.05) is 53.1 Å². The van der Waals surface area contributed by atoms with Gasteiger partial charge in [0.15, 0.2) is 5.82 Å². The van der Waals surface area contributed by atoms with Crippen molar-refractivity contribution < 1.29 is 0 Å². The first kappa shape index (κ1) is 25.5. The van der Waals surface area contributed by atoms with Gasteiger partial charge in [0.2, 0.25) is 0 Å². The third-order valence-corrected chi connectivity index (χ3v) is 10.3. The van der Waals surface area contributed by atoms with Crippen LogP contribution in [0.25, 0.3) is 92.0 Å². The van der Waals surface area contributed by atoms with Crippen LogP contribution in [0.5, 0.6) is 0 Å². The van der Waals surface area contributed by atoms with Crippen LogP contribution < -0.4 is 0 Å². The second-order valence-electron chi connectivity index (χ2n) is 11.8. The molecule has 7 aromatic carbocycles. The number of hydrogen-bond acceptors (Lipinski definition) is 3. The molecule has 0 aliphatic carbocycles. The van der Waals surface area contributed by atoms with Gasteiger partial charge in [-0.25, -0.2) is 9.97 Å². The van der Waals surface area contributed by atoms with Crippen LogP contribution in [0.4, 0.5) is 0 Å². The molecule has 0 bridgehead atoms. The third-order valence-electron chi connectivity index (χ3n) is 9.19. The zero-order chi connectivity index (χ0) is 30.2. The highest BCUT2D eigenvalue weighted by atomic mass is 32.1. The van der Waals surface area contributed by atoms with Gasteiger partial charge < -0.3 is 4.57 Å². The van der Waals surface area contributed by atoms with Crippen molar-refractivity contribution in [2.75, 3.05) is 0 Å². The summed E-state index contributed by atoms with van der Waals surface area (Å²) in [5.41, 5.74) is 7.50. The average Bonchev–Trinajstić information content (AvgIpc) is 3.65. The zero-order valence-electron chi connectivity index (χ0n) is 24.7. The maximum atomic E-state index is 5.09. The first-order valence-corrected chi connectivity index (χ1v) is 16.3. The molecule has 3 nitrogen and oxygen atoms in total. The molecule has 4 heteroatoms. The highest BCUT2D eigenvalue weighted by molar-refractivity contribution is 7.26. The lowest BCUT2D eigenvalue weighted by molar-refractivity contribution is 1.18. The smallest absolute Gasteiger partial charge is 0.160 e. The molecule has 46 heavy (non-hydrogen) atoms. The predicted molar refractivity (Wildman–Crippen MR) is 195 cm³/mol. The summed E-state index contributed by atoms with van der Waals surface area (Å²) in [5.74, 6) is 0.727. The van der Waals surface area contributed by atoms with E-state index in [-0.39, 0.29) is 0 Å².